The number of aromatic nitrogens is 3. The summed E-state index contributed by atoms with van der Waals surface area (Å²) in [6.45, 7) is 10.7. The first-order valence-electron chi connectivity index (χ1n) is 17.4. The van der Waals surface area contributed by atoms with Crippen molar-refractivity contribution in [2.75, 3.05) is 13.2 Å². The van der Waals surface area contributed by atoms with Crippen LogP contribution in [0, 0.1) is 27.7 Å². The quantitative estimate of drug-likeness (QED) is 0.0621. The largest absolute Gasteiger partial charge is 0.507 e. The Morgan fingerprint density at radius 1 is 0.667 bits per heavy atom. The van der Waals surface area contributed by atoms with Crippen molar-refractivity contribution in [2.45, 2.75) is 105 Å². The van der Waals surface area contributed by atoms with Gasteiger partial charge in [-0.3, -0.25) is 0 Å². The molecule has 8 nitrogen and oxygen atoms in total. The Hall–Kier alpha value is -4.14. The van der Waals surface area contributed by atoms with Gasteiger partial charge in [0.1, 0.15) is 11.5 Å². The highest BCUT2D eigenvalue weighted by atomic mass is 16.6. The monoisotopic (exact) mass is 653 g/mol. The first-order valence-corrected chi connectivity index (χ1v) is 17.4. The normalized spacial score (nSPS) is 11.9. The first-order chi connectivity index (χ1) is 23.2. The van der Waals surface area contributed by atoms with E-state index in [1.54, 1.807) is 12.1 Å². The number of hydrogen-bond acceptors (Lipinski definition) is 8. The number of aryl methyl sites for hydroxylation is 4. The summed E-state index contributed by atoms with van der Waals surface area (Å²) < 4.78 is 10.9. The highest BCUT2D eigenvalue weighted by Gasteiger charge is 2.20. The van der Waals surface area contributed by atoms with E-state index in [0.29, 0.717) is 23.8 Å². The van der Waals surface area contributed by atoms with E-state index < -0.39 is 12.1 Å². The van der Waals surface area contributed by atoms with Crippen molar-refractivity contribution in [2.24, 2.45) is 0 Å². The SMILES string of the molecule is CCCCCCCCCCCCOCC(O)C(=O)Oc1ccc(-c2nc(-c3ccc(C)cc3C)nc(-c3ccc(C)cc3C)n2)c(O)c1. The van der Waals surface area contributed by atoms with Crippen LogP contribution >= 0.6 is 0 Å². The Morgan fingerprint density at radius 2 is 1.15 bits per heavy atom. The molecule has 4 rings (SSSR count). The van der Waals surface area contributed by atoms with Gasteiger partial charge < -0.3 is 19.7 Å². The highest BCUT2D eigenvalue weighted by molar-refractivity contribution is 5.78. The van der Waals surface area contributed by atoms with Crippen molar-refractivity contribution in [3.8, 4) is 45.7 Å². The molecular formula is C40H51N3O5. The van der Waals surface area contributed by atoms with E-state index in [-0.39, 0.29) is 23.9 Å². The number of phenolic OH excluding ortho intramolecular Hbond substituents is 1. The summed E-state index contributed by atoms with van der Waals surface area (Å²) in [6.07, 6.45) is 10.8. The second-order valence-electron chi connectivity index (χ2n) is 12.8. The van der Waals surface area contributed by atoms with Gasteiger partial charge in [0.05, 0.1) is 12.2 Å². The third kappa shape index (κ3) is 10.7. The van der Waals surface area contributed by atoms with Gasteiger partial charge in [-0.1, -0.05) is 112 Å². The van der Waals surface area contributed by atoms with Gasteiger partial charge in [0.15, 0.2) is 23.6 Å². The first kappa shape index (κ1) is 36.7. The lowest BCUT2D eigenvalue weighted by Crippen LogP contribution is -2.30. The number of benzene rings is 3. The van der Waals surface area contributed by atoms with Gasteiger partial charge in [0, 0.05) is 23.8 Å². The van der Waals surface area contributed by atoms with Crippen LogP contribution in [0.25, 0.3) is 34.2 Å². The second-order valence-corrected chi connectivity index (χ2v) is 12.8. The fourth-order valence-corrected chi connectivity index (χ4v) is 5.77. The van der Waals surface area contributed by atoms with Gasteiger partial charge in [-0.15, -0.1) is 0 Å². The number of aliphatic hydroxyl groups is 1. The van der Waals surface area contributed by atoms with Crippen molar-refractivity contribution >= 4 is 5.97 Å². The summed E-state index contributed by atoms with van der Waals surface area (Å²) >= 11 is 0. The number of nitrogens with zero attached hydrogens (tertiary/aromatic N) is 3. The second kappa shape index (κ2) is 18.4. The minimum atomic E-state index is -1.43. The number of rotatable bonds is 18. The minimum absolute atomic E-state index is 0.0910. The lowest BCUT2D eigenvalue weighted by Gasteiger charge is -2.14. The van der Waals surface area contributed by atoms with E-state index in [1.807, 2.05) is 52.0 Å². The van der Waals surface area contributed by atoms with Crippen LogP contribution in [0.1, 0.15) is 93.4 Å². The van der Waals surface area contributed by atoms with Gasteiger partial charge in [0.25, 0.3) is 0 Å². The topological polar surface area (TPSA) is 115 Å². The van der Waals surface area contributed by atoms with Gasteiger partial charge in [-0.05, 0) is 57.4 Å². The summed E-state index contributed by atoms with van der Waals surface area (Å²) in [6, 6.07) is 16.6. The number of unbranched alkanes of at least 4 members (excludes halogenated alkanes) is 9. The maximum Gasteiger partial charge on any atom is 0.342 e. The lowest BCUT2D eigenvalue weighted by molar-refractivity contribution is -0.147. The van der Waals surface area contributed by atoms with Crippen LogP contribution in [-0.4, -0.2) is 50.5 Å². The van der Waals surface area contributed by atoms with Crippen LogP contribution in [0.4, 0.5) is 0 Å². The predicted octanol–water partition coefficient (Wildman–Crippen LogP) is 9.02. The fourth-order valence-electron chi connectivity index (χ4n) is 5.77. The molecule has 0 spiro atoms. The molecule has 0 aliphatic rings. The van der Waals surface area contributed by atoms with E-state index in [9.17, 15) is 15.0 Å². The van der Waals surface area contributed by atoms with Crippen molar-refractivity contribution < 1.29 is 24.5 Å². The fraction of sp³-hybridized carbons (Fsp3) is 0.450. The predicted molar refractivity (Wildman–Crippen MR) is 191 cm³/mol. The van der Waals surface area contributed by atoms with Crippen molar-refractivity contribution in [3.63, 3.8) is 0 Å². The lowest BCUT2D eigenvalue weighted by atomic mass is 10.0. The third-order valence-corrected chi connectivity index (χ3v) is 8.50. The third-order valence-electron chi connectivity index (χ3n) is 8.50. The number of esters is 1. The van der Waals surface area contributed by atoms with Crippen LogP contribution in [-0.2, 0) is 9.53 Å². The Balaban J connectivity index is 1.38. The Labute approximate surface area is 285 Å². The molecule has 0 saturated heterocycles. The zero-order valence-electron chi connectivity index (χ0n) is 29.2. The molecule has 1 unspecified atom stereocenters. The smallest absolute Gasteiger partial charge is 0.342 e. The summed E-state index contributed by atoms with van der Waals surface area (Å²) in [5.74, 6) is 0.335. The van der Waals surface area contributed by atoms with E-state index in [1.165, 1.54) is 57.4 Å². The molecule has 1 atom stereocenters. The molecule has 2 N–H and O–H groups in total. The number of aliphatic hydroxyl groups excluding tert-OH is 1. The standard InChI is InChI=1S/C40H51N3O5/c1-6-7-8-9-10-11-12-13-14-15-22-47-26-36(45)40(46)48-31-18-21-34(35(44)25-31)39-42-37(32-19-16-27(2)23-29(32)4)41-38(43-39)33-20-17-28(3)24-30(33)5/h16-21,23-25,36,44-45H,6-15,22,26H2,1-5H3. The molecule has 4 aromatic rings. The van der Waals surface area contributed by atoms with Crippen molar-refractivity contribution in [3.05, 3.63) is 76.9 Å². The van der Waals surface area contributed by atoms with Gasteiger partial charge in [-0.2, -0.15) is 0 Å². The molecule has 48 heavy (non-hydrogen) atoms. The van der Waals surface area contributed by atoms with Crippen LogP contribution < -0.4 is 4.74 Å². The van der Waals surface area contributed by atoms with Crippen LogP contribution in [0.15, 0.2) is 54.6 Å². The van der Waals surface area contributed by atoms with Gasteiger partial charge in [0.2, 0.25) is 0 Å². The number of ether oxygens (including phenoxy) is 2. The Kier molecular flexibility index (Phi) is 14.1. The average Bonchev–Trinajstić information content (AvgIpc) is 3.05. The molecule has 0 aliphatic carbocycles. The molecule has 0 saturated carbocycles. The summed E-state index contributed by atoms with van der Waals surface area (Å²) in [5.41, 5.74) is 6.40. The van der Waals surface area contributed by atoms with E-state index in [2.05, 4.69) is 19.1 Å². The molecule has 0 radical (unpaired) electrons. The molecule has 0 aliphatic heterocycles. The molecule has 8 heteroatoms. The summed E-state index contributed by atoms with van der Waals surface area (Å²) in [5, 5.41) is 21.4. The summed E-state index contributed by atoms with van der Waals surface area (Å²) in [4.78, 5) is 26.9. The van der Waals surface area contributed by atoms with Gasteiger partial charge in [-0.25, -0.2) is 19.7 Å². The van der Waals surface area contributed by atoms with Crippen LogP contribution in [0.2, 0.25) is 0 Å². The molecule has 0 fully saturated rings. The van der Waals surface area contributed by atoms with E-state index >= 15 is 0 Å². The van der Waals surface area contributed by atoms with E-state index in [4.69, 9.17) is 24.4 Å². The molecular weight excluding hydrogens is 602 g/mol. The zero-order chi connectivity index (χ0) is 34.5. The Morgan fingerprint density at radius 3 is 1.65 bits per heavy atom. The number of phenols is 1. The number of carbonyl (C=O) groups excluding carboxylic acids is 1. The average molecular weight is 654 g/mol. The number of aromatic hydroxyl groups is 1. The molecule has 0 amide bonds. The number of carbonyl (C=O) groups is 1. The molecule has 0 bridgehead atoms. The van der Waals surface area contributed by atoms with Crippen LogP contribution in [0.3, 0.4) is 0 Å². The molecule has 3 aromatic carbocycles. The summed E-state index contributed by atoms with van der Waals surface area (Å²) in [7, 11) is 0. The molecule has 256 valence electrons. The van der Waals surface area contributed by atoms with E-state index in [0.717, 1.165) is 46.2 Å². The van der Waals surface area contributed by atoms with Crippen molar-refractivity contribution in [1.82, 2.24) is 15.0 Å². The number of hydrogen-bond donors (Lipinski definition) is 2. The van der Waals surface area contributed by atoms with Gasteiger partial charge >= 0.3 is 5.97 Å². The van der Waals surface area contributed by atoms with Crippen molar-refractivity contribution in [1.29, 1.82) is 0 Å². The minimum Gasteiger partial charge on any atom is -0.507 e. The Bertz CT molecular complexity index is 1580. The van der Waals surface area contributed by atoms with Crippen LogP contribution in [0.5, 0.6) is 11.5 Å². The zero-order valence-corrected chi connectivity index (χ0v) is 29.2. The highest BCUT2D eigenvalue weighted by Crippen LogP contribution is 2.34. The maximum absolute atomic E-state index is 12.6. The maximum atomic E-state index is 12.6. The molecule has 1 aromatic heterocycles. The molecule has 1 heterocycles.